The molecule has 2 amide bonds. The van der Waals surface area contributed by atoms with Gasteiger partial charge in [0, 0.05) is 13.1 Å². The van der Waals surface area contributed by atoms with Crippen molar-refractivity contribution in [2.45, 2.75) is 26.7 Å². The topological polar surface area (TPSA) is 113 Å². The molecule has 0 saturated carbocycles. The number of nitrogens with one attached hydrogen (secondary N) is 2. The van der Waals surface area contributed by atoms with Crippen LogP contribution in [-0.2, 0) is 0 Å². The molecule has 0 unspecified atom stereocenters. The number of carbonyl (C=O) groups is 2. The summed E-state index contributed by atoms with van der Waals surface area (Å²) in [5, 5.41) is 6.08. The summed E-state index contributed by atoms with van der Waals surface area (Å²) in [5.74, 6) is -0.294. The predicted octanol–water partition coefficient (Wildman–Crippen LogP) is 5.37. The molecule has 9 heteroatoms. The van der Waals surface area contributed by atoms with Gasteiger partial charge in [0.05, 0.1) is 44.2 Å². The smallest absolute Gasteiger partial charge is 0.253 e. The van der Waals surface area contributed by atoms with Crippen molar-refractivity contribution in [3.8, 4) is 0 Å². The van der Waals surface area contributed by atoms with Gasteiger partial charge in [0.15, 0.2) is 0 Å². The van der Waals surface area contributed by atoms with Gasteiger partial charge >= 0.3 is 0 Å². The molecule has 0 spiro atoms. The highest BCUT2D eigenvalue weighted by Gasteiger charge is 2.16. The van der Waals surface area contributed by atoms with Gasteiger partial charge in [-0.25, -0.2) is 19.9 Å². The van der Waals surface area contributed by atoms with Crippen LogP contribution in [0.1, 0.15) is 44.7 Å². The Balaban J connectivity index is 0.976. The SMILES string of the molecule is Cc1ccc(C(=O)NCCCN(C)CCCNC(=O)c2ccc(C)c3nc4ccccc4nc23)c2nc3ccccc3nc12. The largest absolute Gasteiger partial charge is 0.352 e. The lowest BCUT2D eigenvalue weighted by Gasteiger charge is -2.17. The Morgan fingerprint density at radius 3 is 1.32 bits per heavy atom. The monoisotopic (exact) mass is 585 g/mol. The molecular weight excluding hydrogens is 550 g/mol. The van der Waals surface area contributed by atoms with Crippen LogP contribution in [0.15, 0.2) is 72.8 Å². The van der Waals surface area contributed by atoms with Crippen LogP contribution >= 0.6 is 0 Å². The van der Waals surface area contributed by atoms with E-state index in [9.17, 15) is 9.59 Å². The second-order valence-corrected chi connectivity index (χ2v) is 11.2. The highest BCUT2D eigenvalue weighted by Crippen LogP contribution is 2.24. The minimum Gasteiger partial charge on any atom is -0.352 e. The molecule has 9 nitrogen and oxygen atoms in total. The standard InChI is InChI=1S/C35H35N7O2/c1-22-14-16-24(32-30(22)38-26-10-4-6-12-28(26)40-32)34(43)36-18-8-20-42(3)21-9-19-37-35(44)25-17-15-23(2)31-33(25)41-29-13-7-5-11-27(29)39-31/h4-7,10-17H,8-9,18-21H2,1-3H3,(H,36,43)(H,37,44). The van der Waals surface area contributed by atoms with E-state index in [1.807, 2.05) is 93.7 Å². The summed E-state index contributed by atoms with van der Waals surface area (Å²) >= 11 is 0. The molecule has 4 aromatic carbocycles. The fraction of sp³-hybridized carbons (Fsp3) is 0.257. The zero-order chi connectivity index (χ0) is 30.6. The molecule has 6 aromatic rings. The van der Waals surface area contributed by atoms with Crippen LogP contribution in [0, 0.1) is 13.8 Å². The second-order valence-electron chi connectivity index (χ2n) is 11.2. The van der Waals surface area contributed by atoms with Crippen LogP contribution in [-0.4, -0.2) is 69.9 Å². The van der Waals surface area contributed by atoms with Gasteiger partial charge in [-0.05, 0) is 94.4 Å². The van der Waals surface area contributed by atoms with Crippen LogP contribution in [0.3, 0.4) is 0 Å². The number of hydrogen-bond acceptors (Lipinski definition) is 7. The number of para-hydroxylation sites is 4. The van der Waals surface area contributed by atoms with Crippen molar-refractivity contribution in [1.29, 1.82) is 0 Å². The van der Waals surface area contributed by atoms with Crippen molar-refractivity contribution in [3.05, 3.63) is 95.1 Å². The summed E-state index contributed by atoms with van der Waals surface area (Å²) in [4.78, 5) is 47.3. The van der Waals surface area contributed by atoms with Gasteiger partial charge in [0.2, 0.25) is 0 Å². The Morgan fingerprint density at radius 1 is 0.568 bits per heavy atom. The van der Waals surface area contributed by atoms with Gasteiger partial charge in [-0.15, -0.1) is 0 Å². The van der Waals surface area contributed by atoms with E-state index in [0.29, 0.717) is 35.2 Å². The number of aryl methyl sites for hydroxylation is 2. The Labute approximate surface area is 255 Å². The molecule has 0 saturated heterocycles. The van der Waals surface area contributed by atoms with Crippen LogP contribution in [0.25, 0.3) is 44.1 Å². The number of benzene rings is 4. The predicted molar refractivity (Wildman–Crippen MR) is 175 cm³/mol. The third-order valence-corrected chi connectivity index (χ3v) is 7.89. The minimum absolute atomic E-state index is 0.147. The number of nitrogens with zero attached hydrogens (tertiary/aromatic N) is 5. The third-order valence-electron chi connectivity index (χ3n) is 7.89. The van der Waals surface area contributed by atoms with Crippen molar-refractivity contribution in [2.75, 3.05) is 33.2 Å². The van der Waals surface area contributed by atoms with Crippen LogP contribution in [0.4, 0.5) is 0 Å². The zero-order valence-electron chi connectivity index (χ0n) is 25.2. The molecule has 0 radical (unpaired) electrons. The van der Waals surface area contributed by atoms with Crippen LogP contribution < -0.4 is 10.6 Å². The number of aromatic nitrogens is 4. The summed E-state index contributed by atoms with van der Waals surface area (Å²) in [6.07, 6.45) is 1.60. The average Bonchev–Trinajstić information content (AvgIpc) is 3.04. The first kappa shape index (κ1) is 29.1. The molecule has 0 aliphatic carbocycles. The first-order chi connectivity index (χ1) is 21.4. The number of rotatable bonds is 10. The molecule has 0 atom stereocenters. The Bertz CT molecular complexity index is 1880. The van der Waals surface area contributed by atoms with Crippen molar-refractivity contribution < 1.29 is 9.59 Å². The van der Waals surface area contributed by atoms with Gasteiger partial charge < -0.3 is 15.5 Å². The molecule has 0 aliphatic heterocycles. The van der Waals surface area contributed by atoms with E-state index in [4.69, 9.17) is 19.9 Å². The quantitative estimate of drug-likeness (QED) is 0.164. The first-order valence-corrected chi connectivity index (χ1v) is 15.0. The van der Waals surface area contributed by atoms with Gasteiger partial charge in [-0.3, -0.25) is 9.59 Å². The molecule has 222 valence electrons. The van der Waals surface area contributed by atoms with E-state index in [1.165, 1.54) is 0 Å². The van der Waals surface area contributed by atoms with E-state index in [2.05, 4.69) is 15.5 Å². The maximum absolute atomic E-state index is 13.1. The summed E-state index contributed by atoms with van der Waals surface area (Å²) in [7, 11) is 2.05. The lowest BCUT2D eigenvalue weighted by atomic mass is 10.1. The summed E-state index contributed by atoms with van der Waals surface area (Å²) in [5.41, 5.74) is 8.97. The first-order valence-electron chi connectivity index (χ1n) is 15.0. The molecule has 2 heterocycles. The normalized spacial score (nSPS) is 11.5. The van der Waals surface area contributed by atoms with Gasteiger partial charge in [-0.2, -0.15) is 0 Å². The number of carbonyl (C=O) groups excluding carboxylic acids is 2. The molecule has 0 bridgehead atoms. The van der Waals surface area contributed by atoms with Crippen molar-refractivity contribution in [1.82, 2.24) is 35.5 Å². The van der Waals surface area contributed by atoms with E-state index in [1.54, 1.807) is 0 Å². The fourth-order valence-corrected chi connectivity index (χ4v) is 5.43. The summed E-state index contributed by atoms with van der Waals surface area (Å²) in [6.45, 7) is 6.70. The molecule has 0 fully saturated rings. The van der Waals surface area contributed by atoms with Crippen molar-refractivity contribution in [2.24, 2.45) is 0 Å². The Hall–Kier alpha value is -5.02. The Kier molecular flexibility index (Phi) is 8.38. The van der Waals surface area contributed by atoms with Crippen molar-refractivity contribution in [3.63, 3.8) is 0 Å². The van der Waals surface area contributed by atoms with Crippen LogP contribution in [0.5, 0.6) is 0 Å². The summed E-state index contributed by atoms with van der Waals surface area (Å²) in [6, 6.07) is 22.9. The number of fused-ring (bicyclic) bond motifs is 4. The molecule has 44 heavy (non-hydrogen) atoms. The molecule has 0 aliphatic rings. The fourth-order valence-electron chi connectivity index (χ4n) is 5.43. The van der Waals surface area contributed by atoms with Crippen molar-refractivity contribution >= 4 is 55.9 Å². The van der Waals surface area contributed by atoms with Crippen LogP contribution in [0.2, 0.25) is 0 Å². The average molecular weight is 586 g/mol. The lowest BCUT2D eigenvalue weighted by Crippen LogP contribution is -2.31. The van der Waals surface area contributed by atoms with E-state index < -0.39 is 0 Å². The maximum Gasteiger partial charge on any atom is 0.253 e. The third kappa shape index (κ3) is 6.05. The highest BCUT2D eigenvalue weighted by atomic mass is 16.2. The van der Waals surface area contributed by atoms with Gasteiger partial charge in [0.25, 0.3) is 11.8 Å². The highest BCUT2D eigenvalue weighted by molar-refractivity contribution is 6.07. The molecular formula is C35H35N7O2. The van der Waals surface area contributed by atoms with Gasteiger partial charge in [-0.1, -0.05) is 36.4 Å². The van der Waals surface area contributed by atoms with Gasteiger partial charge in [0.1, 0.15) is 11.0 Å². The number of hydrogen-bond donors (Lipinski definition) is 2. The second kappa shape index (κ2) is 12.7. The lowest BCUT2D eigenvalue weighted by molar-refractivity contribution is 0.0947. The van der Waals surface area contributed by atoms with E-state index >= 15 is 0 Å². The van der Waals surface area contributed by atoms with E-state index in [-0.39, 0.29) is 11.8 Å². The molecule has 2 N–H and O–H groups in total. The number of amides is 2. The zero-order valence-corrected chi connectivity index (χ0v) is 25.2. The summed E-state index contributed by atoms with van der Waals surface area (Å²) < 4.78 is 0. The maximum atomic E-state index is 13.1. The molecule has 2 aromatic heterocycles. The Morgan fingerprint density at radius 2 is 0.932 bits per heavy atom. The minimum atomic E-state index is -0.147. The molecule has 6 rings (SSSR count). The van der Waals surface area contributed by atoms with E-state index in [0.717, 1.165) is 70.2 Å².